The van der Waals surface area contributed by atoms with E-state index in [4.69, 9.17) is 4.74 Å². The van der Waals surface area contributed by atoms with Gasteiger partial charge < -0.3 is 4.74 Å². The maximum atomic E-state index is 10.8. The zero-order chi connectivity index (χ0) is 10.6. The molecule has 0 heterocycles. The normalized spacial score (nSPS) is 9.57. The number of hydrogen-bond acceptors (Lipinski definition) is 3. The molecular weight excluding hydrogens is 180 g/mol. The molecule has 1 rings (SSSR count). The molecule has 0 fully saturated rings. The van der Waals surface area contributed by atoms with E-state index in [-0.39, 0.29) is 0 Å². The molecule has 0 unspecified atom stereocenters. The Morgan fingerprint density at radius 3 is 2.43 bits per heavy atom. The third kappa shape index (κ3) is 1.66. The van der Waals surface area contributed by atoms with Gasteiger partial charge in [0.15, 0.2) is 12.6 Å². The lowest BCUT2D eigenvalue weighted by Crippen LogP contribution is -2.00. The average Bonchev–Trinajstić information content (AvgIpc) is 2.26. The summed E-state index contributed by atoms with van der Waals surface area (Å²) in [6.07, 6.45) is 2.15. The molecule has 0 amide bonds. The van der Waals surface area contributed by atoms with Crippen LogP contribution in [-0.4, -0.2) is 19.7 Å². The highest BCUT2D eigenvalue weighted by Gasteiger charge is 2.11. The van der Waals surface area contributed by atoms with Gasteiger partial charge in [0, 0.05) is 0 Å². The minimum atomic E-state index is 0.370. The van der Waals surface area contributed by atoms with Gasteiger partial charge in [0.25, 0.3) is 0 Å². The predicted molar refractivity (Wildman–Crippen MR) is 53.1 cm³/mol. The van der Waals surface area contributed by atoms with Crippen molar-refractivity contribution in [2.45, 2.75) is 13.3 Å². The van der Waals surface area contributed by atoms with Crippen LogP contribution in [0.3, 0.4) is 0 Å². The molecular formula is C11H12O3. The third-order valence-corrected chi connectivity index (χ3v) is 2.15. The molecule has 0 atom stereocenters. The predicted octanol–water partition coefficient (Wildman–Crippen LogP) is 1.88. The average molecular weight is 192 g/mol. The first-order valence-corrected chi connectivity index (χ1v) is 4.38. The number of methoxy groups -OCH3 is 1. The Morgan fingerprint density at radius 1 is 1.29 bits per heavy atom. The molecule has 0 spiro atoms. The Hall–Kier alpha value is -1.64. The summed E-state index contributed by atoms with van der Waals surface area (Å²) in [6.45, 7) is 1.95. The summed E-state index contributed by atoms with van der Waals surface area (Å²) >= 11 is 0. The Balaban J connectivity index is 3.43. The lowest BCUT2D eigenvalue weighted by Gasteiger charge is -2.09. The van der Waals surface area contributed by atoms with Gasteiger partial charge in [-0.2, -0.15) is 0 Å². The molecule has 0 aliphatic carbocycles. The van der Waals surface area contributed by atoms with Crippen LogP contribution in [0.25, 0.3) is 0 Å². The lowest BCUT2D eigenvalue weighted by atomic mass is 10.0. The number of rotatable bonds is 4. The van der Waals surface area contributed by atoms with Gasteiger partial charge in [-0.05, 0) is 18.1 Å². The van der Waals surface area contributed by atoms with Gasteiger partial charge in [-0.25, -0.2) is 0 Å². The van der Waals surface area contributed by atoms with Crippen LogP contribution in [0.5, 0.6) is 5.75 Å². The molecule has 14 heavy (non-hydrogen) atoms. The SMILES string of the molecule is CCc1ccc(C=O)c(OC)c1C=O. The molecule has 0 saturated heterocycles. The Bertz CT molecular complexity index is 356. The molecule has 0 bridgehead atoms. The largest absolute Gasteiger partial charge is 0.495 e. The van der Waals surface area contributed by atoms with Crippen LogP contribution in [-0.2, 0) is 6.42 Å². The Morgan fingerprint density at radius 2 is 2.00 bits per heavy atom. The number of aldehydes is 2. The molecule has 3 nitrogen and oxygen atoms in total. The van der Waals surface area contributed by atoms with Gasteiger partial charge >= 0.3 is 0 Å². The van der Waals surface area contributed by atoms with Crippen molar-refractivity contribution in [3.63, 3.8) is 0 Å². The van der Waals surface area contributed by atoms with Crippen molar-refractivity contribution < 1.29 is 14.3 Å². The highest BCUT2D eigenvalue weighted by atomic mass is 16.5. The van der Waals surface area contributed by atoms with Gasteiger partial charge in [0.1, 0.15) is 5.75 Å². The summed E-state index contributed by atoms with van der Waals surface area (Å²) in [5, 5.41) is 0. The van der Waals surface area contributed by atoms with Gasteiger partial charge in [0.05, 0.1) is 18.2 Å². The van der Waals surface area contributed by atoms with Crippen molar-refractivity contribution in [1.82, 2.24) is 0 Å². The smallest absolute Gasteiger partial charge is 0.154 e. The summed E-state index contributed by atoms with van der Waals surface area (Å²) in [6, 6.07) is 3.44. The lowest BCUT2D eigenvalue weighted by molar-refractivity contribution is 0.111. The van der Waals surface area contributed by atoms with E-state index >= 15 is 0 Å². The summed E-state index contributed by atoms with van der Waals surface area (Å²) in [7, 11) is 1.45. The maximum absolute atomic E-state index is 10.8. The molecule has 0 radical (unpaired) electrons. The first kappa shape index (κ1) is 10.4. The molecule has 0 aliphatic rings. The maximum Gasteiger partial charge on any atom is 0.154 e. The standard InChI is InChI=1S/C11H12O3/c1-3-8-4-5-9(6-12)11(14-2)10(8)7-13/h4-7H,3H2,1-2H3. The molecule has 1 aromatic rings. The summed E-state index contributed by atoms with van der Waals surface area (Å²) in [5.74, 6) is 0.370. The minimum absolute atomic E-state index is 0.370. The summed E-state index contributed by atoms with van der Waals surface area (Å²) < 4.78 is 5.04. The Labute approximate surface area is 82.7 Å². The van der Waals surface area contributed by atoms with Crippen LogP contribution in [0.1, 0.15) is 33.2 Å². The van der Waals surface area contributed by atoms with E-state index in [2.05, 4.69) is 0 Å². The first-order valence-electron chi connectivity index (χ1n) is 4.38. The van der Waals surface area contributed by atoms with Crippen LogP contribution in [0.2, 0.25) is 0 Å². The monoisotopic (exact) mass is 192 g/mol. The highest BCUT2D eigenvalue weighted by Crippen LogP contribution is 2.24. The zero-order valence-corrected chi connectivity index (χ0v) is 8.24. The fourth-order valence-corrected chi connectivity index (χ4v) is 1.42. The van der Waals surface area contributed by atoms with Crippen LogP contribution < -0.4 is 4.74 Å². The molecule has 1 aromatic carbocycles. The topological polar surface area (TPSA) is 43.4 Å². The molecule has 74 valence electrons. The molecule has 0 aliphatic heterocycles. The molecule has 0 aromatic heterocycles. The first-order chi connectivity index (χ1) is 6.78. The number of ether oxygens (including phenoxy) is 1. The fraction of sp³-hybridized carbons (Fsp3) is 0.273. The fourth-order valence-electron chi connectivity index (χ4n) is 1.42. The van der Waals surface area contributed by atoms with Gasteiger partial charge in [-0.15, -0.1) is 0 Å². The number of carbonyl (C=O) groups is 2. The Kier molecular flexibility index (Phi) is 3.40. The van der Waals surface area contributed by atoms with Crippen molar-refractivity contribution in [1.29, 1.82) is 0 Å². The van der Waals surface area contributed by atoms with Crippen molar-refractivity contribution >= 4 is 12.6 Å². The van der Waals surface area contributed by atoms with Crippen LogP contribution >= 0.6 is 0 Å². The number of benzene rings is 1. The summed E-state index contributed by atoms with van der Waals surface area (Å²) in [4.78, 5) is 21.5. The van der Waals surface area contributed by atoms with E-state index in [9.17, 15) is 9.59 Å². The van der Waals surface area contributed by atoms with Crippen molar-refractivity contribution in [3.05, 3.63) is 28.8 Å². The second-order valence-electron chi connectivity index (χ2n) is 2.85. The minimum Gasteiger partial charge on any atom is -0.495 e. The zero-order valence-electron chi connectivity index (χ0n) is 8.24. The van der Waals surface area contributed by atoms with Crippen molar-refractivity contribution in [2.75, 3.05) is 7.11 Å². The van der Waals surface area contributed by atoms with E-state index in [1.54, 1.807) is 12.1 Å². The molecule has 3 heteroatoms. The second kappa shape index (κ2) is 4.56. The third-order valence-electron chi connectivity index (χ3n) is 2.15. The number of hydrogen-bond donors (Lipinski definition) is 0. The summed E-state index contributed by atoms with van der Waals surface area (Å²) in [5.41, 5.74) is 1.77. The van der Waals surface area contributed by atoms with Gasteiger partial charge in [-0.1, -0.05) is 13.0 Å². The number of aryl methyl sites for hydroxylation is 1. The van der Waals surface area contributed by atoms with Gasteiger partial charge in [0.2, 0.25) is 0 Å². The van der Waals surface area contributed by atoms with E-state index in [0.29, 0.717) is 23.2 Å². The van der Waals surface area contributed by atoms with E-state index in [1.165, 1.54) is 7.11 Å². The highest BCUT2D eigenvalue weighted by molar-refractivity contribution is 5.89. The van der Waals surface area contributed by atoms with Crippen molar-refractivity contribution in [3.8, 4) is 5.75 Å². The molecule has 0 saturated carbocycles. The molecule has 0 N–H and O–H groups in total. The van der Waals surface area contributed by atoms with E-state index < -0.39 is 0 Å². The van der Waals surface area contributed by atoms with Crippen molar-refractivity contribution in [2.24, 2.45) is 0 Å². The van der Waals surface area contributed by atoms with Gasteiger partial charge in [-0.3, -0.25) is 9.59 Å². The van der Waals surface area contributed by atoms with E-state index in [1.807, 2.05) is 6.92 Å². The van der Waals surface area contributed by atoms with Crippen LogP contribution in [0.15, 0.2) is 12.1 Å². The van der Waals surface area contributed by atoms with Crippen LogP contribution in [0, 0.1) is 0 Å². The van der Waals surface area contributed by atoms with E-state index in [0.717, 1.165) is 18.3 Å². The quantitative estimate of drug-likeness (QED) is 0.684. The number of carbonyl (C=O) groups excluding carboxylic acids is 2. The second-order valence-corrected chi connectivity index (χ2v) is 2.85. The van der Waals surface area contributed by atoms with Crippen LogP contribution in [0.4, 0.5) is 0 Å².